The quantitative estimate of drug-likeness (QED) is 0.598. The molecular weight excluding hydrogens is 506 g/mol. The maximum absolute atomic E-state index is 13.2. The number of hydrogen-bond donors (Lipinski definition) is 0. The van der Waals surface area contributed by atoms with Gasteiger partial charge in [0.25, 0.3) is 0 Å². The number of piperidine rings is 1. The third kappa shape index (κ3) is 5.55. The molecule has 3 heterocycles. The zero-order valence-electron chi connectivity index (χ0n) is 19.1. The Balaban J connectivity index is 1.35. The number of sulfonamides is 1. The molecule has 0 saturated carbocycles. The fraction of sp³-hybridized carbons (Fsp3) is 0.522. The second-order valence-electron chi connectivity index (χ2n) is 8.71. The van der Waals surface area contributed by atoms with Gasteiger partial charge in [0.2, 0.25) is 15.9 Å². The predicted octanol–water partition coefficient (Wildman–Crippen LogP) is 3.00. The monoisotopic (exact) mass is 535 g/mol. The Hall–Kier alpha value is -2.04. The maximum atomic E-state index is 13.2. The summed E-state index contributed by atoms with van der Waals surface area (Å²) in [6.07, 6.45) is 2.19. The lowest BCUT2D eigenvalue weighted by molar-refractivity contribution is -0.136. The highest BCUT2D eigenvalue weighted by Gasteiger charge is 2.32. The predicted molar refractivity (Wildman–Crippen MR) is 131 cm³/mol. The van der Waals surface area contributed by atoms with E-state index in [9.17, 15) is 13.2 Å². The van der Waals surface area contributed by atoms with Crippen molar-refractivity contribution >= 4 is 37.7 Å². The van der Waals surface area contributed by atoms with E-state index in [0.29, 0.717) is 32.6 Å². The van der Waals surface area contributed by atoms with Crippen molar-refractivity contribution in [1.29, 1.82) is 0 Å². The maximum Gasteiger partial charge on any atom is 0.243 e. The van der Waals surface area contributed by atoms with Crippen LogP contribution < -0.4 is 4.90 Å². The van der Waals surface area contributed by atoms with Gasteiger partial charge >= 0.3 is 0 Å². The van der Waals surface area contributed by atoms with E-state index >= 15 is 0 Å². The van der Waals surface area contributed by atoms with Gasteiger partial charge < -0.3 is 9.80 Å². The van der Waals surface area contributed by atoms with E-state index in [0.717, 1.165) is 47.7 Å². The number of aryl methyl sites for hydroxylation is 2. The molecule has 33 heavy (non-hydrogen) atoms. The van der Waals surface area contributed by atoms with Gasteiger partial charge in [-0.15, -0.1) is 0 Å². The first-order valence-corrected chi connectivity index (χ1v) is 13.6. The zero-order chi connectivity index (χ0) is 23.6. The topological polar surface area (TPSA) is 86.7 Å². The van der Waals surface area contributed by atoms with Crippen molar-refractivity contribution in [3.63, 3.8) is 0 Å². The summed E-state index contributed by atoms with van der Waals surface area (Å²) in [5.74, 6) is 1.80. The number of nitrogens with zero attached hydrogens (tertiary/aromatic N) is 5. The van der Waals surface area contributed by atoms with Crippen LogP contribution in [0.2, 0.25) is 0 Å². The number of halogens is 1. The number of rotatable bonds is 4. The largest absolute Gasteiger partial charge is 0.356 e. The van der Waals surface area contributed by atoms with Crippen LogP contribution in [-0.4, -0.2) is 72.8 Å². The Bertz CT molecular complexity index is 1080. The molecule has 0 aliphatic carbocycles. The minimum Gasteiger partial charge on any atom is -0.356 e. The van der Waals surface area contributed by atoms with Gasteiger partial charge in [-0.3, -0.25) is 4.79 Å². The third-order valence-electron chi connectivity index (χ3n) is 6.34. The second-order valence-corrected chi connectivity index (χ2v) is 11.6. The lowest BCUT2D eigenvalue weighted by Gasteiger charge is -2.34. The number of aromatic nitrogens is 2. The number of carbonyl (C=O) groups is 1. The molecular formula is C23H30BrN5O3S. The van der Waals surface area contributed by atoms with Gasteiger partial charge in [-0.1, -0.05) is 15.9 Å². The second kappa shape index (κ2) is 10.1. The summed E-state index contributed by atoms with van der Waals surface area (Å²) in [6.45, 7) is 7.19. The van der Waals surface area contributed by atoms with Gasteiger partial charge in [-0.25, -0.2) is 18.4 Å². The molecule has 0 radical (unpaired) electrons. The highest BCUT2D eigenvalue weighted by Crippen LogP contribution is 2.25. The molecule has 10 heteroatoms. The Labute approximate surface area is 204 Å². The van der Waals surface area contributed by atoms with Crippen LogP contribution in [0.4, 0.5) is 5.82 Å². The average molecular weight is 536 g/mol. The van der Waals surface area contributed by atoms with E-state index in [1.807, 2.05) is 24.8 Å². The Morgan fingerprint density at radius 1 is 0.970 bits per heavy atom. The van der Waals surface area contributed by atoms with Crippen LogP contribution in [0, 0.1) is 19.8 Å². The summed E-state index contributed by atoms with van der Waals surface area (Å²) >= 11 is 3.34. The smallest absolute Gasteiger partial charge is 0.243 e. The molecule has 2 aromatic rings. The molecule has 2 fully saturated rings. The number of anilines is 1. The Morgan fingerprint density at radius 3 is 2.33 bits per heavy atom. The molecule has 0 N–H and O–H groups in total. The van der Waals surface area contributed by atoms with E-state index in [4.69, 9.17) is 0 Å². The fourth-order valence-electron chi connectivity index (χ4n) is 4.58. The summed E-state index contributed by atoms with van der Waals surface area (Å²) in [5, 5.41) is 0. The van der Waals surface area contributed by atoms with Crippen molar-refractivity contribution < 1.29 is 13.2 Å². The van der Waals surface area contributed by atoms with Crippen LogP contribution in [0.1, 0.15) is 30.8 Å². The van der Waals surface area contributed by atoms with Crippen LogP contribution in [0.15, 0.2) is 39.7 Å². The molecule has 2 aliphatic rings. The van der Waals surface area contributed by atoms with Crippen molar-refractivity contribution in [2.24, 2.45) is 5.92 Å². The molecule has 1 amide bonds. The summed E-state index contributed by atoms with van der Waals surface area (Å²) in [4.78, 5) is 26.5. The van der Waals surface area contributed by atoms with Crippen molar-refractivity contribution in [2.75, 3.05) is 44.2 Å². The number of benzene rings is 1. The van der Waals surface area contributed by atoms with Crippen LogP contribution in [0.25, 0.3) is 0 Å². The van der Waals surface area contributed by atoms with E-state index in [2.05, 4.69) is 30.8 Å². The molecule has 1 aromatic heterocycles. The number of carbonyl (C=O) groups excluding carboxylic acids is 1. The molecule has 0 unspecified atom stereocenters. The molecule has 0 atom stereocenters. The first-order valence-electron chi connectivity index (χ1n) is 11.4. The van der Waals surface area contributed by atoms with E-state index in [1.165, 1.54) is 4.31 Å². The summed E-state index contributed by atoms with van der Waals surface area (Å²) < 4.78 is 28.4. The summed E-state index contributed by atoms with van der Waals surface area (Å²) in [5.41, 5.74) is 0.947. The fourth-order valence-corrected chi connectivity index (χ4v) is 6.32. The molecule has 1 aromatic carbocycles. The van der Waals surface area contributed by atoms with Crippen LogP contribution in [0.3, 0.4) is 0 Å². The third-order valence-corrected chi connectivity index (χ3v) is 8.78. The van der Waals surface area contributed by atoms with Crippen LogP contribution in [-0.2, 0) is 14.8 Å². The van der Waals surface area contributed by atoms with Gasteiger partial charge in [-0.2, -0.15) is 4.31 Å². The first-order chi connectivity index (χ1) is 15.7. The average Bonchev–Trinajstić information content (AvgIpc) is 3.05. The van der Waals surface area contributed by atoms with Crippen molar-refractivity contribution in [3.05, 3.63) is 46.3 Å². The standard InChI is InChI=1S/C23H30BrN5O3S/c1-17-16-22(26-18(2)25-17)27-12-8-19(9-13-27)23(30)28-10-3-11-29(15-14-28)33(31,32)21-6-4-20(24)5-7-21/h4-7,16,19H,3,8-15H2,1-2H3. The van der Waals surface area contributed by atoms with E-state index in [1.54, 1.807) is 24.3 Å². The zero-order valence-corrected chi connectivity index (χ0v) is 21.5. The van der Waals surface area contributed by atoms with E-state index in [-0.39, 0.29) is 16.7 Å². The summed E-state index contributed by atoms with van der Waals surface area (Å²) in [6, 6.07) is 8.68. The highest BCUT2D eigenvalue weighted by molar-refractivity contribution is 9.10. The van der Waals surface area contributed by atoms with Crippen molar-refractivity contribution in [1.82, 2.24) is 19.2 Å². The Kier molecular flexibility index (Phi) is 7.35. The molecule has 4 rings (SSSR count). The molecule has 178 valence electrons. The minimum atomic E-state index is -3.57. The van der Waals surface area contributed by atoms with E-state index < -0.39 is 10.0 Å². The number of hydrogen-bond acceptors (Lipinski definition) is 6. The molecule has 2 saturated heterocycles. The minimum absolute atomic E-state index is 0.0279. The van der Waals surface area contributed by atoms with Gasteiger partial charge in [0.15, 0.2) is 0 Å². The first kappa shape index (κ1) is 24.1. The van der Waals surface area contributed by atoms with Crippen LogP contribution in [0.5, 0.6) is 0 Å². The van der Waals surface area contributed by atoms with Crippen molar-refractivity contribution in [3.8, 4) is 0 Å². The van der Waals surface area contributed by atoms with Crippen LogP contribution >= 0.6 is 15.9 Å². The number of amides is 1. The SMILES string of the molecule is Cc1cc(N2CCC(C(=O)N3CCCN(S(=O)(=O)c4ccc(Br)cc4)CC3)CC2)nc(C)n1. The summed E-state index contributed by atoms with van der Waals surface area (Å²) in [7, 11) is -3.57. The van der Waals surface area contributed by atoms with Crippen molar-refractivity contribution in [2.45, 2.75) is 38.0 Å². The molecule has 0 spiro atoms. The normalized spacial score (nSPS) is 18.9. The van der Waals surface area contributed by atoms with Gasteiger partial charge in [0, 0.05) is 61.4 Å². The lowest BCUT2D eigenvalue weighted by atomic mass is 9.95. The highest BCUT2D eigenvalue weighted by atomic mass is 79.9. The molecule has 8 nitrogen and oxygen atoms in total. The van der Waals surface area contributed by atoms with Gasteiger partial charge in [0.1, 0.15) is 11.6 Å². The van der Waals surface area contributed by atoms with Gasteiger partial charge in [0.05, 0.1) is 4.90 Å². The lowest BCUT2D eigenvalue weighted by Crippen LogP contribution is -2.44. The van der Waals surface area contributed by atoms with Gasteiger partial charge in [-0.05, 0) is 57.4 Å². The Morgan fingerprint density at radius 2 is 1.67 bits per heavy atom. The molecule has 2 aliphatic heterocycles. The molecule has 0 bridgehead atoms.